The number of hydrogen-bond acceptors (Lipinski definition) is 1. The summed E-state index contributed by atoms with van der Waals surface area (Å²) in [5.41, 5.74) is 15.3. The van der Waals surface area contributed by atoms with Gasteiger partial charge in [-0.2, -0.15) is 0 Å². The number of hydrogen-bond donors (Lipinski definition) is 0. The first-order chi connectivity index (χ1) is 28.3. The molecular formula is C56H39N. The predicted octanol–water partition coefficient (Wildman–Crippen LogP) is 15.8. The summed E-state index contributed by atoms with van der Waals surface area (Å²) in [7, 11) is 0. The average Bonchev–Trinajstić information content (AvgIpc) is 3.30. The van der Waals surface area contributed by atoms with Gasteiger partial charge in [-0.3, -0.25) is 0 Å². The maximum atomic E-state index is 2.41. The van der Waals surface area contributed by atoms with E-state index in [1.165, 1.54) is 77.2 Å². The summed E-state index contributed by atoms with van der Waals surface area (Å²) in [5, 5.41) is 4.99. The van der Waals surface area contributed by atoms with Crippen molar-refractivity contribution in [3.63, 3.8) is 0 Å². The zero-order chi connectivity index (χ0) is 38.0. The summed E-state index contributed by atoms with van der Waals surface area (Å²) in [5.74, 6) is 0. The number of anilines is 3. The average molecular weight is 726 g/mol. The van der Waals surface area contributed by atoms with E-state index in [9.17, 15) is 0 Å². The summed E-state index contributed by atoms with van der Waals surface area (Å²) in [4.78, 5) is 2.41. The van der Waals surface area contributed by atoms with Crippen molar-refractivity contribution in [1.29, 1.82) is 0 Å². The Labute approximate surface area is 334 Å². The van der Waals surface area contributed by atoms with Gasteiger partial charge in [0.05, 0.1) is 5.69 Å². The van der Waals surface area contributed by atoms with E-state index in [2.05, 4.69) is 241 Å². The lowest BCUT2D eigenvalue weighted by Crippen LogP contribution is -2.11. The van der Waals surface area contributed by atoms with Gasteiger partial charge in [-0.05, 0) is 108 Å². The fraction of sp³-hybridized carbons (Fsp3) is 0. The highest BCUT2D eigenvalue weighted by Gasteiger charge is 2.20. The van der Waals surface area contributed by atoms with Crippen molar-refractivity contribution in [3.05, 3.63) is 237 Å². The van der Waals surface area contributed by atoms with Crippen molar-refractivity contribution in [1.82, 2.24) is 0 Å². The van der Waals surface area contributed by atoms with Gasteiger partial charge in [-0.15, -0.1) is 0 Å². The molecule has 0 spiro atoms. The molecule has 0 unspecified atom stereocenters. The molecule has 0 fully saturated rings. The van der Waals surface area contributed by atoms with Crippen LogP contribution in [-0.4, -0.2) is 0 Å². The summed E-state index contributed by atoms with van der Waals surface area (Å²) in [6.45, 7) is 0. The standard InChI is InChI=1S/C56H39N/c1-4-15-40(16-5-1)47-32-38-55(54(39-47)42-17-6-2-7-18-42)57(48-33-27-44(28-34-48)51-26-14-23-41-19-10-12-24-50(41)51)49-35-29-45(30-36-49)53-37-31-43-20-11-13-25-52(43)56(53)46-21-8-3-9-22-46/h1-39H. The third-order valence-corrected chi connectivity index (χ3v) is 11.1. The van der Waals surface area contributed by atoms with E-state index in [0.29, 0.717) is 0 Å². The molecule has 0 radical (unpaired) electrons. The molecule has 0 heterocycles. The summed E-state index contributed by atoms with van der Waals surface area (Å²) >= 11 is 0. The summed E-state index contributed by atoms with van der Waals surface area (Å²) < 4.78 is 0. The Morgan fingerprint density at radius 1 is 0.246 bits per heavy atom. The maximum absolute atomic E-state index is 2.41. The molecule has 10 aromatic carbocycles. The molecule has 10 aromatic rings. The van der Waals surface area contributed by atoms with Crippen LogP contribution in [0.4, 0.5) is 17.1 Å². The molecule has 0 saturated carbocycles. The highest BCUT2D eigenvalue weighted by Crippen LogP contribution is 2.45. The molecule has 1 heteroatoms. The van der Waals surface area contributed by atoms with E-state index < -0.39 is 0 Å². The van der Waals surface area contributed by atoms with Crippen LogP contribution in [0, 0.1) is 0 Å². The van der Waals surface area contributed by atoms with Crippen LogP contribution >= 0.6 is 0 Å². The minimum Gasteiger partial charge on any atom is -0.310 e. The lowest BCUT2D eigenvalue weighted by molar-refractivity contribution is 1.28. The predicted molar refractivity (Wildman–Crippen MR) is 243 cm³/mol. The lowest BCUT2D eigenvalue weighted by atomic mass is 9.89. The summed E-state index contributed by atoms with van der Waals surface area (Å²) in [6, 6.07) is 85.6. The number of nitrogens with zero attached hydrogens (tertiary/aromatic N) is 1. The maximum Gasteiger partial charge on any atom is 0.0540 e. The molecule has 0 aromatic heterocycles. The largest absolute Gasteiger partial charge is 0.310 e. The van der Waals surface area contributed by atoms with E-state index in [0.717, 1.165) is 17.1 Å². The third kappa shape index (κ3) is 6.56. The molecule has 0 aliphatic carbocycles. The molecule has 0 atom stereocenters. The van der Waals surface area contributed by atoms with Crippen molar-refractivity contribution >= 4 is 38.6 Å². The van der Waals surface area contributed by atoms with Crippen LogP contribution in [0.5, 0.6) is 0 Å². The Morgan fingerprint density at radius 3 is 1.37 bits per heavy atom. The van der Waals surface area contributed by atoms with Crippen molar-refractivity contribution in [3.8, 4) is 55.6 Å². The van der Waals surface area contributed by atoms with Crippen molar-refractivity contribution in [2.24, 2.45) is 0 Å². The van der Waals surface area contributed by atoms with Crippen LogP contribution in [0.15, 0.2) is 237 Å². The van der Waals surface area contributed by atoms with Gasteiger partial charge >= 0.3 is 0 Å². The second-order valence-corrected chi connectivity index (χ2v) is 14.5. The molecule has 268 valence electrons. The molecule has 0 N–H and O–H groups in total. The Bertz CT molecular complexity index is 2960. The Kier molecular flexibility index (Phi) is 8.95. The van der Waals surface area contributed by atoms with Crippen LogP contribution < -0.4 is 4.90 Å². The van der Waals surface area contributed by atoms with Gasteiger partial charge < -0.3 is 4.90 Å². The topological polar surface area (TPSA) is 3.24 Å². The highest BCUT2D eigenvalue weighted by atomic mass is 15.1. The third-order valence-electron chi connectivity index (χ3n) is 11.1. The van der Waals surface area contributed by atoms with Crippen molar-refractivity contribution < 1.29 is 0 Å². The molecule has 57 heavy (non-hydrogen) atoms. The SMILES string of the molecule is c1ccc(-c2ccc(N(c3ccc(-c4ccc5ccccc5c4-c4ccccc4)cc3)c3ccc(-c4cccc5ccccc45)cc3)c(-c3ccccc3)c2)cc1. The van der Waals surface area contributed by atoms with Gasteiger partial charge in [0, 0.05) is 16.9 Å². The van der Waals surface area contributed by atoms with Crippen LogP contribution in [0.25, 0.3) is 77.2 Å². The first kappa shape index (κ1) is 34.0. The van der Waals surface area contributed by atoms with E-state index in [1.54, 1.807) is 0 Å². The van der Waals surface area contributed by atoms with Gasteiger partial charge in [0.25, 0.3) is 0 Å². The normalized spacial score (nSPS) is 11.2. The number of benzene rings is 10. The van der Waals surface area contributed by atoms with Crippen LogP contribution in [0.3, 0.4) is 0 Å². The van der Waals surface area contributed by atoms with Gasteiger partial charge in [0.2, 0.25) is 0 Å². The van der Waals surface area contributed by atoms with Crippen LogP contribution in [0.1, 0.15) is 0 Å². The lowest BCUT2D eigenvalue weighted by Gasteiger charge is -2.29. The van der Waals surface area contributed by atoms with Gasteiger partial charge in [-0.25, -0.2) is 0 Å². The second kappa shape index (κ2) is 15.0. The minimum absolute atomic E-state index is 1.09. The Balaban J connectivity index is 1.14. The summed E-state index contributed by atoms with van der Waals surface area (Å²) in [6.07, 6.45) is 0. The molecule has 0 amide bonds. The first-order valence-corrected chi connectivity index (χ1v) is 19.6. The van der Waals surface area contributed by atoms with Gasteiger partial charge in [0.15, 0.2) is 0 Å². The molecule has 0 bridgehead atoms. The smallest absolute Gasteiger partial charge is 0.0540 e. The van der Waals surface area contributed by atoms with E-state index >= 15 is 0 Å². The van der Waals surface area contributed by atoms with Crippen LogP contribution in [-0.2, 0) is 0 Å². The molecule has 1 nitrogen and oxygen atoms in total. The zero-order valence-electron chi connectivity index (χ0n) is 31.5. The molecule has 0 aliphatic rings. The fourth-order valence-electron chi connectivity index (χ4n) is 8.30. The molecular weight excluding hydrogens is 687 g/mol. The number of rotatable bonds is 8. The highest BCUT2D eigenvalue weighted by molar-refractivity contribution is 6.04. The fourth-order valence-corrected chi connectivity index (χ4v) is 8.30. The van der Waals surface area contributed by atoms with Gasteiger partial charge in [0.1, 0.15) is 0 Å². The van der Waals surface area contributed by atoms with Gasteiger partial charge in [-0.1, -0.05) is 200 Å². The quantitative estimate of drug-likeness (QED) is 0.151. The molecule has 0 saturated heterocycles. The molecule has 0 aliphatic heterocycles. The number of fused-ring (bicyclic) bond motifs is 2. The van der Waals surface area contributed by atoms with E-state index in [-0.39, 0.29) is 0 Å². The van der Waals surface area contributed by atoms with E-state index in [4.69, 9.17) is 0 Å². The first-order valence-electron chi connectivity index (χ1n) is 19.6. The Morgan fingerprint density at radius 2 is 0.719 bits per heavy atom. The Hall–Kier alpha value is -7.48. The molecule has 10 rings (SSSR count). The minimum atomic E-state index is 1.09. The second-order valence-electron chi connectivity index (χ2n) is 14.5. The zero-order valence-corrected chi connectivity index (χ0v) is 31.5. The van der Waals surface area contributed by atoms with E-state index in [1.807, 2.05) is 0 Å². The monoisotopic (exact) mass is 725 g/mol. The van der Waals surface area contributed by atoms with Crippen LogP contribution in [0.2, 0.25) is 0 Å². The van der Waals surface area contributed by atoms with Crippen molar-refractivity contribution in [2.75, 3.05) is 4.90 Å². The van der Waals surface area contributed by atoms with Crippen molar-refractivity contribution in [2.45, 2.75) is 0 Å².